The average molecular weight is 373 g/mol. The standard InChI is InChI=1S/2C10H18O3/c1-4-6-9(10(11)12)13-7-8(3)5-2;1-3-5-6-8-10(13,7-4-2)9(11)12/h4,8-9H,1,5-7H2,2-3H3,(H,11,12);4,13H,2-3,5-8H2,1H3,(H,11,12). The van der Waals surface area contributed by atoms with Crippen LogP contribution in [0.25, 0.3) is 0 Å². The molecule has 3 unspecified atom stereocenters. The Morgan fingerprint density at radius 2 is 1.77 bits per heavy atom. The van der Waals surface area contributed by atoms with E-state index in [0.717, 1.165) is 25.7 Å². The van der Waals surface area contributed by atoms with Crippen molar-refractivity contribution in [1.29, 1.82) is 0 Å². The molecule has 3 N–H and O–H groups in total. The fraction of sp³-hybridized carbons (Fsp3) is 0.700. The number of rotatable bonds is 14. The zero-order valence-electron chi connectivity index (χ0n) is 16.4. The Morgan fingerprint density at radius 1 is 1.15 bits per heavy atom. The molecule has 0 aromatic carbocycles. The highest BCUT2D eigenvalue weighted by molar-refractivity contribution is 5.77. The summed E-state index contributed by atoms with van der Waals surface area (Å²) in [6, 6.07) is 0. The molecule has 0 aliphatic heterocycles. The maximum absolute atomic E-state index is 10.7. The van der Waals surface area contributed by atoms with Gasteiger partial charge >= 0.3 is 11.9 Å². The van der Waals surface area contributed by atoms with Crippen LogP contribution >= 0.6 is 0 Å². The maximum Gasteiger partial charge on any atom is 0.335 e. The molecule has 3 atom stereocenters. The summed E-state index contributed by atoms with van der Waals surface area (Å²) in [6.45, 7) is 13.5. The predicted molar refractivity (Wildman–Crippen MR) is 103 cm³/mol. The molecule has 0 aromatic heterocycles. The monoisotopic (exact) mass is 372 g/mol. The number of unbranched alkanes of at least 4 members (excludes halogenated alkanes) is 2. The molecule has 0 aromatic rings. The molecule has 0 amide bonds. The van der Waals surface area contributed by atoms with E-state index in [1.165, 1.54) is 6.08 Å². The first-order chi connectivity index (χ1) is 12.2. The van der Waals surface area contributed by atoms with Gasteiger partial charge in [0.1, 0.15) is 0 Å². The fourth-order valence-corrected chi connectivity index (χ4v) is 1.99. The van der Waals surface area contributed by atoms with Gasteiger partial charge in [-0.1, -0.05) is 52.2 Å². The van der Waals surface area contributed by atoms with Gasteiger partial charge in [0.2, 0.25) is 0 Å². The van der Waals surface area contributed by atoms with Gasteiger partial charge in [0.25, 0.3) is 0 Å². The van der Waals surface area contributed by atoms with Gasteiger partial charge in [0.15, 0.2) is 11.7 Å². The lowest BCUT2D eigenvalue weighted by Gasteiger charge is -2.21. The van der Waals surface area contributed by atoms with Gasteiger partial charge < -0.3 is 20.1 Å². The van der Waals surface area contributed by atoms with Crippen molar-refractivity contribution in [1.82, 2.24) is 0 Å². The average Bonchev–Trinajstić information content (AvgIpc) is 2.58. The van der Waals surface area contributed by atoms with Crippen LogP contribution in [0.15, 0.2) is 25.3 Å². The van der Waals surface area contributed by atoms with E-state index < -0.39 is 23.6 Å². The molecule has 0 aliphatic rings. The summed E-state index contributed by atoms with van der Waals surface area (Å²) in [5.74, 6) is -1.65. The van der Waals surface area contributed by atoms with Crippen LogP contribution in [0.1, 0.15) is 65.7 Å². The molecule has 0 spiro atoms. The van der Waals surface area contributed by atoms with Crippen LogP contribution in [0.3, 0.4) is 0 Å². The largest absolute Gasteiger partial charge is 0.479 e. The maximum atomic E-state index is 10.7. The van der Waals surface area contributed by atoms with E-state index in [4.69, 9.17) is 14.9 Å². The van der Waals surface area contributed by atoms with Crippen molar-refractivity contribution < 1.29 is 29.6 Å². The van der Waals surface area contributed by atoms with Crippen LogP contribution < -0.4 is 0 Å². The second kappa shape index (κ2) is 15.6. The number of hydrogen-bond acceptors (Lipinski definition) is 4. The van der Waals surface area contributed by atoms with Gasteiger partial charge in [-0.3, -0.25) is 0 Å². The van der Waals surface area contributed by atoms with E-state index in [-0.39, 0.29) is 6.42 Å². The Labute approximate surface area is 157 Å². The van der Waals surface area contributed by atoms with Crippen LogP contribution in [0, 0.1) is 5.92 Å². The number of carboxylic acid groups (broad SMARTS) is 2. The molecule has 0 saturated carbocycles. The van der Waals surface area contributed by atoms with Crippen molar-refractivity contribution in [2.24, 2.45) is 5.92 Å². The van der Waals surface area contributed by atoms with Gasteiger partial charge in [0, 0.05) is 12.8 Å². The molecule has 0 rings (SSSR count). The Bertz CT molecular complexity index is 421. The third kappa shape index (κ3) is 12.7. The minimum atomic E-state index is -1.60. The van der Waals surface area contributed by atoms with Crippen LogP contribution in [0.2, 0.25) is 0 Å². The molecule has 152 valence electrons. The lowest BCUT2D eigenvalue weighted by molar-refractivity contribution is -0.159. The third-order valence-corrected chi connectivity index (χ3v) is 4.01. The predicted octanol–water partition coefficient (Wildman–Crippen LogP) is 4.04. The normalized spacial score (nSPS) is 14.9. The van der Waals surface area contributed by atoms with Gasteiger partial charge in [-0.2, -0.15) is 0 Å². The van der Waals surface area contributed by atoms with Crippen molar-refractivity contribution in [2.45, 2.75) is 77.4 Å². The minimum absolute atomic E-state index is 0.117. The first kappa shape index (κ1) is 26.6. The van der Waals surface area contributed by atoms with E-state index in [1.807, 2.05) is 13.8 Å². The van der Waals surface area contributed by atoms with Crippen molar-refractivity contribution >= 4 is 11.9 Å². The number of hydrogen-bond donors (Lipinski definition) is 3. The van der Waals surface area contributed by atoms with E-state index in [1.54, 1.807) is 6.08 Å². The van der Waals surface area contributed by atoms with Crippen LogP contribution in [-0.2, 0) is 14.3 Å². The van der Waals surface area contributed by atoms with E-state index in [2.05, 4.69) is 20.1 Å². The minimum Gasteiger partial charge on any atom is -0.479 e. The summed E-state index contributed by atoms with van der Waals surface area (Å²) in [7, 11) is 0. The SMILES string of the molecule is C=CCC(O)(CCCCC)C(=O)O.C=CCC(OCC(C)CC)C(=O)O. The highest BCUT2D eigenvalue weighted by atomic mass is 16.5. The zero-order chi connectivity index (χ0) is 20.6. The summed E-state index contributed by atoms with van der Waals surface area (Å²) < 4.78 is 5.23. The summed E-state index contributed by atoms with van der Waals surface area (Å²) >= 11 is 0. The van der Waals surface area contributed by atoms with Crippen LogP contribution in [0.4, 0.5) is 0 Å². The molecule has 0 aliphatic carbocycles. The topological polar surface area (TPSA) is 104 Å². The molecule has 0 saturated heterocycles. The number of ether oxygens (including phenoxy) is 1. The van der Waals surface area contributed by atoms with Gasteiger partial charge in [-0.25, -0.2) is 9.59 Å². The van der Waals surface area contributed by atoms with E-state index in [0.29, 0.717) is 25.4 Å². The van der Waals surface area contributed by atoms with Crippen molar-refractivity contribution in [3.05, 3.63) is 25.3 Å². The van der Waals surface area contributed by atoms with Crippen molar-refractivity contribution in [3.63, 3.8) is 0 Å². The molecule has 0 bridgehead atoms. The first-order valence-corrected chi connectivity index (χ1v) is 9.20. The Hall–Kier alpha value is -1.66. The van der Waals surface area contributed by atoms with Crippen molar-refractivity contribution in [3.8, 4) is 0 Å². The highest BCUT2D eigenvalue weighted by Crippen LogP contribution is 2.19. The highest BCUT2D eigenvalue weighted by Gasteiger charge is 2.33. The van der Waals surface area contributed by atoms with Gasteiger partial charge in [-0.15, -0.1) is 13.2 Å². The van der Waals surface area contributed by atoms with Gasteiger partial charge in [-0.05, 0) is 18.8 Å². The molecule has 0 radical (unpaired) electrons. The van der Waals surface area contributed by atoms with E-state index in [9.17, 15) is 14.7 Å². The molecule has 6 heteroatoms. The number of aliphatic hydroxyl groups is 1. The lowest BCUT2D eigenvalue weighted by atomic mass is 9.93. The van der Waals surface area contributed by atoms with E-state index >= 15 is 0 Å². The Kier molecular flexibility index (Phi) is 15.9. The zero-order valence-corrected chi connectivity index (χ0v) is 16.4. The molecule has 26 heavy (non-hydrogen) atoms. The lowest BCUT2D eigenvalue weighted by Crippen LogP contribution is -2.37. The smallest absolute Gasteiger partial charge is 0.335 e. The molecule has 0 heterocycles. The number of carbonyl (C=O) groups is 2. The van der Waals surface area contributed by atoms with Crippen LogP contribution in [0.5, 0.6) is 0 Å². The quantitative estimate of drug-likeness (QED) is 0.314. The summed E-state index contributed by atoms with van der Waals surface area (Å²) in [6.07, 6.45) is 6.78. The Morgan fingerprint density at radius 3 is 2.15 bits per heavy atom. The molecular weight excluding hydrogens is 336 g/mol. The molecule has 6 nitrogen and oxygen atoms in total. The molecule has 0 fully saturated rings. The summed E-state index contributed by atoms with van der Waals surface area (Å²) in [5.41, 5.74) is -1.60. The van der Waals surface area contributed by atoms with Crippen LogP contribution in [-0.4, -0.2) is 45.6 Å². The Balaban J connectivity index is 0. The van der Waals surface area contributed by atoms with Gasteiger partial charge in [0.05, 0.1) is 6.61 Å². The second-order valence-corrected chi connectivity index (χ2v) is 6.48. The summed E-state index contributed by atoms with van der Waals surface area (Å²) in [4.78, 5) is 21.3. The first-order valence-electron chi connectivity index (χ1n) is 9.20. The number of carboxylic acids is 2. The number of aliphatic carboxylic acids is 2. The third-order valence-electron chi connectivity index (χ3n) is 4.01. The van der Waals surface area contributed by atoms with Crippen molar-refractivity contribution in [2.75, 3.05) is 6.61 Å². The second-order valence-electron chi connectivity index (χ2n) is 6.48. The molecular formula is C20H36O6. The fourth-order valence-electron chi connectivity index (χ4n) is 1.99. The summed E-state index contributed by atoms with van der Waals surface area (Å²) in [5, 5.41) is 27.1.